The van der Waals surface area contributed by atoms with Gasteiger partial charge >= 0.3 is 0 Å². The molecule has 144 valence electrons. The molecule has 9 heteroatoms. The van der Waals surface area contributed by atoms with Crippen molar-refractivity contribution >= 4 is 66.4 Å². The largest absolute Gasteiger partial charge is 0.321 e. The third kappa shape index (κ3) is 4.86. The van der Waals surface area contributed by atoms with Gasteiger partial charge in [0.05, 0.1) is 26.9 Å². The Morgan fingerprint density at radius 2 is 1.57 bits per heavy atom. The Hall–Kier alpha value is -2.06. The van der Waals surface area contributed by atoms with Gasteiger partial charge in [-0.1, -0.05) is 51.3 Å². The summed E-state index contributed by atoms with van der Waals surface area (Å²) in [6.07, 6.45) is 0. The van der Waals surface area contributed by atoms with Crippen molar-refractivity contribution in [3.63, 3.8) is 0 Å². The molecule has 0 aliphatic heterocycles. The second kappa shape index (κ2) is 8.53. The molecular formula is C19H13BrCl2N2O3S. The Balaban J connectivity index is 1.88. The number of carbonyl (C=O) groups excluding carboxylic acids is 1. The molecule has 0 aliphatic carbocycles. The van der Waals surface area contributed by atoms with Crippen molar-refractivity contribution in [3.05, 3.63) is 86.8 Å². The lowest BCUT2D eigenvalue weighted by Crippen LogP contribution is -2.18. The minimum absolute atomic E-state index is 0.0756. The fraction of sp³-hybridized carbons (Fsp3) is 0. The highest BCUT2D eigenvalue weighted by atomic mass is 79.9. The maximum Gasteiger partial charge on any atom is 0.261 e. The SMILES string of the molecule is O=C(Nc1ccc(Cl)cc1Cl)c1ccccc1NS(=O)(=O)c1ccc(Br)cc1. The van der Waals surface area contributed by atoms with Gasteiger partial charge in [-0.3, -0.25) is 9.52 Å². The van der Waals surface area contributed by atoms with Crippen LogP contribution in [0.15, 0.2) is 76.1 Å². The molecule has 1 amide bonds. The zero-order valence-corrected chi connectivity index (χ0v) is 18.0. The molecular weight excluding hydrogens is 487 g/mol. The van der Waals surface area contributed by atoms with Crippen LogP contribution in [-0.4, -0.2) is 14.3 Å². The van der Waals surface area contributed by atoms with E-state index in [1.807, 2.05) is 0 Å². The van der Waals surface area contributed by atoms with Crippen LogP contribution in [0.25, 0.3) is 0 Å². The molecule has 0 heterocycles. The molecule has 2 N–H and O–H groups in total. The fourth-order valence-electron chi connectivity index (χ4n) is 2.37. The first-order valence-electron chi connectivity index (χ1n) is 7.90. The summed E-state index contributed by atoms with van der Waals surface area (Å²) in [6.45, 7) is 0. The number of halogens is 3. The molecule has 0 unspecified atom stereocenters. The molecule has 0 bridgehead atoms. The van der Waals surface area contributed by atoms with E-state index in [2.05, 4.69) is 26.0 Å². The first kappa shape index (κ1) is 20.7. The Morgan fingerprint density at radius 3 is 2.25 bits per heavy atom. The van der Waals surface area contributed by atoms with Gasteiger partial charge in [0.2, 0.25) is 0 Å². The third-order valence-corrected chi connectivity index (χ3v) is 6.18. The molecule has 3 aromatic carbocycles. The van der Waals surface area contributed by atoms with E-state index in [1.165, 1.54) is 30.3 Å². The molecule has 0 saturated carbocycles. The molecule has 5 nitrogen and oxygen atoms in total. The fourth-order valence-corrected chi connectivity index (χ4v) is 4.17. The van der Waals surface area contributed by atoms with Crippen molar-refractivity contribution in [2.75, 3.05) is 10.0 Å². The van der Waals surface area contributed by atoms with Crippen molar-refractivity contribution < 1.29 is 13.2 Å². The summed E-state index contributed by atoms with van der Waals surface area (Å²) in [5.41, 5.74) is 0.656. The minimum Gasteiger partial charge on any atom is -0.321 e. The lowest BCUT2D eigenvalue weighted by molar-refractivity contribution is 0.102. The summed E-state index contributed by atoms with van der Waals surface area (Å²) in [5.74, 6) is -0.515. The monoisotopic (exact) mass is 498 g/mol. The third-order valence-electron chi connectivity index (χ3n) is 3.72. The van der Waals surface area contributed by atoms with Crippen molar-refractivity contribution in [3.8, 4) is 0 Å². The van der Waals surface area contributed by atoms with Crippen LogP contribution in [0, 0.1) is 0 Å². The van der Waals surface area contributed by atoms with Crippen LogP contribution >= 0.6 is 39.1 Å². The molecule has 28 heavy (non-hydrogen) atoms. The van der Waals surface area contributed by atoms with Crippen LogP contribution in [0.3, 0.4) is 0 Å². The van der Waals surface area contributed by atoms with E-state index in [9.17, 15) is 13.2 Å². The lowest BCUT2D eigenvalue weighted by atomic mass is 10.1. The van der Waals surface area contributed by atoms with Gasteiger partial charge in [0, 0.05) is 9.50 Å². The van der Waals surface area contributed by atoms with E-state index in [-0.39, 0.29) is 21.2 Å². The number of rotatable bonds is 5. The summed E-state index contributed by atoms with van der Waals surface area (Å²) >= 11 is 15.2. The van der Waals surface area contributed by atoms with Gasteiger partial charge in [-0.25, -0.2) is 8.42 Å². The number of anilines is 2. The molecule has 3 rings (SSSR count). The maximum atomic E-state index is 12.7. The van der Waals surface area contributed by atoms with Gasteiger partial charge in [-0.2, -0.15) is 0 Å². The molecule has 0 fully saturated rings. The molecule has 0 aliphatic rings. The second-order valence-corrected chi connectivity index (χ2v) is 9.13. The molecule has 3 aromatic rings. The summed E-state index contributed by atoms with van der Waals surface area (Å²) < 4.78 is 28.5. The van der Waals surface area contributed by atoms with Gasteiger partial charge in [-0.05, 0) is 54.6 Å². The van der Waals surface area contributed by atoms with Gasteiger partial charge in [-0.15, -0.1) is 0 Å². The first-order chi connectivity index (χ1) is 13.3. The van der Waals surface area contributed by atoms with E-state index in [1.54, 1.807) is 36.4 Å². The molecule has 0 atom stereocenters. The predicted octanol–water partition coefficient (Wildman–Crippen LogP) is 5.81. The Labute approximate surface area is 180 Å². The van der Waals surface area contributed by atoms with Crippen LogP contribution in [0.5, 0.6) is 0 Å². The first-order valence-corrected chi connectivity index (χ1v) is 10.9. The highest BCUT2D eigenvalue weighted by Gasteiger charge is 2.19. The van der Waals surface area contributed by atoms with Gasteiger partial charge in [0.25, 0.3) is 15.9 Å². The van der Waals surface area contributed by atoms with E-state index in [0.717, 1.165) is 4.47 Å². The molecule has 0 saturated heterocycles. The minimum atomic E-state index is -3.87. The van der Waals surface area contributed by atoms with Crippen LogP contribution < -0.4 is 10.0 Å². The average molecular weight is 500 g/mol. The lowest BCUT2D eigenvalue weighted by Gasteiger charge is -2.13. The van der Waals surface area contributed by atoms with Crippen LogP contribution in [0.2, 0.25) is 10.0 Å². The summed E-state index contributed by atoms with van der Waals surface area (Å²) in [7, 11) is -3.87. The zero-order chi connectivity index (χ0) is 20.3. The van der Waals surface area contributed by atoms with Crippen molar-refractivity contribution in [2.24, 2.45) is 0 Å². The van der Waals surface area contributed by atoms with Crippen LogP contribution in [0.4, 0.5) is 11.4 Å². The zero-order valence-electron chi connectivity index (χ0n) is 14.1. The van der Waals surface area contributed by atoms with Crippen LogP contribution in [0.1, 0.15) is 10.4 Å². The number of amides is 1. The molecule has 0 spiro atoms. The van der Waals surface area contributed by atoms with E-state index in [4.69, 9.17) is 23.2 Å². The normalized spacial score (nSPS) is 11.1. The quantitative estimate of drug-likeness (QED) is 0.465. The molecule has 0 radical (unpaired) electrons. The highest BCUT2D eigenvalue weighted by molar-refractivity contribution is 9.10. The topological polar surface area (TPSA) is 75.3 Å². The number of hydrogen-bond donors (Lipinski definition) is 2. The number of carbonyl (C=O) groups is 1. The number of nitrogens with one attached hydrogen (secondary N) is 2. The van der Waals surface area contributed by atoms with E-state index >= 15 is 0 Å². The molecule has 0 aromatic heterocycles. The van der Waals surface area contributed by atoms with Crippen molar-refractivity contribution in [1.29, 1.82) is 0 Å². The van der Waals surface area contributed by atoms with Gasteiger partial charge in [0.15, 0.2) is 0 Å². The van der Waals surface area contributed by atoms with Crippen molar-refractivity contribution in [1.82, 2.24) is 0 Å². The number of hydrogen-bond acceptors (Lipinski definition) is 3. The highest BCUT2D eigenvalue weighted by Crippen LogP contribution is 2.27. The van der Waals surface area contributed by atoms with E-state index < -0.39 is 15.9 Å². The number of benzene rings is 3. The standard InChI is InChI=1S/C19H13BrCl2N2O3S/c20-12-5-8-14(9-6-12)28(26,27)24-17-4-2-1-3-15(17)19(25)23-18-10-7-13(21)11-16(18)22/h1-11,24H,(H,23,25). The summed E-state index contributed by atoms with van der Waals surface area (Å²) in [5, 5.41) is 3.36. The van der Waals surface area contributed by atoms with Gasteiger partial charge < -0.3 is 5.32 Å². The predicted molar refractivity (Wildman–Crippen MR) is 116 cm³/mol. The second-order valence-electron chi connectivity index (χ2n) is 5.68. The summed E-state index contributed by atoms with van der Waals surface area (Å²) in [6, 6.07) is 17.1. The average Bonchev–Trinajstić information content (AvgIpc) is 2.64. The Bertz CT molecular complexity index is 1140. The summed E-state index contributed by atoms with van der Waals surface area (Å²) in [4.78, 5) is 12.8. The van der Waals surface area contributed by atoms with E-state index in [0.29, 0.717) is 10.7 Å². The maximum absolute atomic E-state index is 12.7. The Morgan fingerprint density at radius 1 is 0.893 bits per heavy atom. The number of sulfonamides is 1. The van der Waals surface area contributed by atoms with Crippen LogP contribution in [-0.2, 0) is 10.0 Å². The van der Waals surface area contributed by atoms with Crippen molar-refractivity contribution in [2.45, 2.75) is 4.90 Å². The van der Waals surface area contributed by atoms with Gasteiger partial charge in [0.1, 0.15) is 0 Å². The number of para-hydroxylation sites is 1. The smallest absolute Gasteiger partial charge is 0.261 e. The Kier molecular flexibility index (Phi) is 6.30.